The van der Waals surface area contributed by atoms with Crippen molar-refractivity contribution in [3.8, 4) is 0 Å². The molecule has 1 saturated heterocycles. The van der Waals surface area contributed by atoms with Gasteiger partial charge in [0.25, 0.3) is 0 Å². The zero-order valence-electron chi connectivity index (χ0n) is 15.4. The van der Waals surface area contributed by atoms with Crippen LogP contribution in [0.4, 0.5) is 5.82 Å². The molecule has 0 radical (unpaired) electrons. The Morgan fingerprint density at radius 2 is 2.04 bits per heavy atom. The van der Waals surface area contributed by atoms with Crippen LogP contribution in [-0.4, -0.2) is 36.2 Å². The van der Waals surface area contributed by atoms with Crippen molar-refractivity contribution in [2.45, 2.75) is 39.5 Å². The van der Waals surface area contributed by atoms with E-state index in [1.165, 1.54) is 6.08 Å². The highest BCUT2D eigenvalue weighted by molar-refractivity contribution is 5.91. The molecular weight excluding hydrogens is 330 g/mol. The van der Waals surface area contributed by atoms with Crippen molar-refractivity contribution in [1.82, 2.24) is 10.3 Å². The zero-order chi connectivity index (χ0) is 18.5. The van der Waals surface area contributed by atoms with E-state index < -0.39 is 0 Å². The molecule has 2 atom stereocenters. The summed E-state index contributed by atoms with van der Waals surface area (Å²) in [4.78, 5) is 18.7. The predicted octanol–water partition coefficient (Wildman–Crippen LogP) is 2.93. The summed E-state index contributed by atoms with van der Waals surface area (Å²) in [6, 6.07) is 7.68. The summed E-state index contributed by atoms with van der Waals surface area (Å²) in [6.07, 6.45) is 5.33. The van der Waals surface area contributed by atoms with Gasteiger partial charge in [0, 0.05) is 31.9 Å². The number of amides is 1. The molecule has 1 aliphatic rings. The first-order valence-corrected chi connectivity index (χ1v) is 8.87. The Morgan fingerprint density at radius 1 is 1.27 bits per heavy atom. The number of aryl methyl sites for hydroxylation is 1. The van der Waals surface area contributed by atoms with Gasteiger partial charge in [-0.2, -0.15) is 0 Å². The van der Waals surface area contributed by atoms with E-state index in [2.05, 4.69) is 29.0 Å². The molecule has 1 N–H and O–H groups in total. The lowest BCUT2D eigenvalue weighted by atomic mass is 10.2. The number of carbonyl (C=O) groups excluding carboxylic acids is 1. The Balaban J connectivity index is 1.51. The highest BCUT2D eigenvalue weighted by Crippen LogP contribution is 2.18. The Bertz CT molecular complexity index is 757. The number of nitrogens with zero attached hydrogens (tertiary/aromatic N) is 2. The van der Waals surface area contributed by atoms with Crippen LogP contribution >= 0.6 is 0 Å². The van der Waals surface area contributed by atoms with Gasteiger partial charge in [0.05, 0.1) is 12.2 Å². The molecule has 2 unspecified atom stereocenters. The molecular formula is C20H25N3O3. The number of ether oxygens (including phenoxy) is 1. The highest BCUT2D eigenvalue weighted by Gasteiger charge is 2.22. The van der Waals surface area contributed by atoms with Crippen LogP contribution in [0.1, 0.15) is 30.9 Å². The van der Waals surface area contributed by atoms with Crippen LogP contribution in [0.3, 0.4) is 0 Å². The summed E-state index contributed by atoms with van der Waals surface area (Å²) in [7, 11) is 0. The van der Waals surface area contributed by atoms with Gasteiger partial charge in [-0.3, -0.25) is 4.79 Å². The first-order chi connectivity index (χ1) is 12.5. The number of aromatic nitrogens is 1. The van der Waals surface area contributed by atoms with Crippen LogP contribution in [0.2, 0.25) is 0 Å². The van der Waals surface area contributed by atoms with Gasteiger partial charge >= 0.3 is 0 Å². The second-order valence-electron chi connectivity index (χ2n) is 6.69. The number of anilines is 1. The van der Waals surface area contributed by atoms with Crippen molar-refractivity contribution in [2.24, 2.45) is 0 Å². The lowest BCUT2D eigenvalue weighted by molar-refractivity contribution is -0.116. The molecule has 0 bridgehead atoms. The van der Waals surface area contributed by atoms with Crippen LogP contribution in [-0.2, 0) is 16.1 Å². The molecule has 6 heteroatoms. The maximum atomic E-state index is 11.9. The van der Waals surface area contributed by atoms with E-state index in [1.807, 2.05) is 31.2 Å². The summed E-state index contributed by atoms with van der Waals surface area (Å²) in [5.41, 5.74) is 0.957. The Morgan fingerprint density at radius 3 is 2.65 bits per heavy atom. The van der Waals surface area contributed by atoms with E-state index in [9.17, 15) is 4.79 Å². The van der Waals surface area contributed by atoms with E-state index in [1.54, 1.807) is 12.3 Å². The molecule has 0 aromatic carbocycles. The number of hydrogen-bond donors (Lipinski definition) is 1. The Hall–Kier alpha value is -2.60. The van der Waals surface area contributed by atoms with Gasteiger partial charge in [-0.15, -0.1) is 0 Å². The third-order valence-electron chi connectivity index (χ3n) is 4.18. The van der Waals surface area contributed by atoms with Crippen LogP contribution in [0.25, 0.3) is 6.08 Å². The van der Waals surface area contributed by atoms with Crippen molar-refractivity contribution >= 4 is 17.8 Å². The van der Waals surface area contributed by atoms with Crippen LogP contribution in [0.15, 0.2) is 41.0 Å². The summed E-state index contributed by atoms with van der Waals surface area (Å²) in [6.45, 7) is 8.12. The Kier molecular flexibility index (Phi) is 5.73. The number of nitrogens with one attached hydrogen (secondary N) is 1. The van der Waals surface area contributed by atoms with Gasteiger partial charge in [-0.05, 0) is 50.6 Å². The van der Waals surface area contributed by atoms with Crippen molar-refractivity contribution in [2.75, 3.05) is 18.0 Å². The lowest BCUT2D eigenvalue weighted by Gasteiger charge is -2.36. The molecule has 3 rings (SSSR count). The third-order valence-corrected chi connectivity index (χ3v) is 4.18. The van der Waals surface area contributed by atoms with E-state index >= 15 is 0 Å². The SMILES string of the molecule is Cc1ccc(C=CC(=O)NCc2ccc(N3CC(C)OC(C)C3)nc2)o1. The quantitative estimate of drug-likeness (QED) is 0.835. The van der Waals surface area contributed by atoms with Gasteiger partial charge in [-0.1, -0.05) is 6.07 Å². The molecule has 6 nitrogen and oxygen atoms in total. The second kappa shape index (κ2) is 8.19. The molecule has 0 aliphatic carbocycles. The fourth-order valence-corrected chi connectivity index (χ4v) is 3.02. The van der Waals surface area contributed by atoms with Crippen LogP contribution in [0.5, 0.6) is 0 Å². The summed E-state index contributed by atoms with van der Waals surface area (Å²) in [5.74, 6) is 2.26. The smallest absolute Gasteiger partial charge is 0.244 e. The molecule has 2 aromatic rings. The molecule has 3 heterocycles. The molecule has 2 aromatic heterocycles. The van der Waals surface area contributed by atoms with Gasteiger partial charge in [0.15, 0.2) is 0 Å². The average molecular weight is 355 g/mol. The molecule has 0 spiro atoms. The van der Waals surface area contributed by atoms with Gasteiger partial charge in [0.2, 0.25) is 5.91 Å². The van der Waals surface area contributed by atoms with E-state index in [-0.39, 0.29) is 18.1 Å². The Labute approximate surface area is 153 Å². The average Bonchev–Trinajstić information content (AvgIpc) is 3.03. The zero-order valence-corrected chi connectivity index (χ0v) is 15.4. The highest BCUT2D eigenvalue weighted by atomic mass is 16.5. The van der Waals surface area contributed by atoms with Crippen molar-refractivity contribution in [1.29, 1.82) is 0 Å². The number of pyridine rings is 1. The van der Waals surface area contributed by atoms with Crippen LogP contribution < -0.4 is 10.2 Å². The minimum absolute atomic E-state index is 0.168. The van der Waals surface area contributed by atoms with E-state index in [0.29, 0.717) is 12.3 Å². The molecule has 1 aliphatic heterocycles. The second-order valence-corrected chi connectivity index (χ2v) is 6.69. The number of carbonyl (C=O) groups is 1. The number of morpholine rings is 1. The molecule has 1 amide bonds. The largest absolute Gasteiger partial charge is 0.462 e. The third kappa shape index (κ3) is 4.95. The normalized spacial score (nSPS) is 20.5. The number of rotatable bonds is 5. The number of furan rings is 1. The maximum absolute atomic E-state index is 11.9. The monoisotopic (exact) mass is 355 g/mol. The summed E-state index contributed by atoms with van der Waals surface area (Å²) >= 11 is 0. The fraction of sp³-hybridized carbons (Fsp3) is 0.400. The van der Waals surface area contributed by atoms with Gasteiger partial charge in [-0.25, -0.2) is 4.98 Å². The predicted molar refractivity (Wildman–Crippen MR) is 101 cm³/mol. The topological polar surface area (TPSA) is 67.6 Å². The first kappa shape index (κ1) is 18.2. The lowest BCUT2D eigenvalue weighted by Crippen LogP contribution is -2.45. The molecule has 0 saturated carbocycles. The fourth-order valence-electron chi connectivity index (χ4n) is 3.02. The molecule has 1 fully saturated rings. The van der Waals surface area contributed by atoms with Gasteiger partial charge < -0.3 is 19.4 Å². The minimum Gasteiger partial charge on any atom is -0.462 e. The summed E-state index contributed by atoms with van der Waals surface area (Å²) < 4.78 is 11.1. The van der Waals surface area contributed by atoms with E-state index in [4.69, 9.17) is 9.15 Å². The van der Waals surface area contributed by atoms with E-state index in [0.717, 1.165) is 30.2 Å². The van der Waals surface area contributed by atoms with Crippen LogP contribution in [0, 0.1) is 6.92 Å². The summed E-state index contributed by atoms with van der Waals surface area (Å²) in [5, 5.41) is 2.85. The maximum Gasteiger partial charge on any atom is 0.244 e. The van der Waals surface area contributed by atoms with Crippen molar-refractivity contribution in [3.05, 3.63) is 53.6 Å². The van der Waals surface area contributed by atoms with Crippen molar-refractivity contribution in [3.63, 3.8) is 0 Å². The molecule has 138 valence electrons. The number of hydrogen-bond acceptors (Lipinski definition) is 5. The van der Waals surface area contributed by atoms with Gasteiger partial charge in [0.1, 0.15) is 17.3 Å². The first-order valence-electron chi connectivity index (χ1n) is 8.87. The van der Waals surface area contributed by atoms with Crippen molar-refractivity contribution < 1.29 is 13.9 Å². The minimum atomic E-state index is -0.168. The molecule has 26 heavy (non-hydrogen) atoms. The standard InChI is InChI=1S/C20H25N3O3/c1-14-4-6-18(26-14)7-9-20(24)22-11-17-5-8-19(21-10-17)23-12-15(2)25-16(3)13-23/h4-10,15-16H,11-13H2,1-3H3,(H,22,24).